The topological polar surface area (TPSA) is 53.0 Å². The van der Waals surface area contributed by atoms with E-state index in [0.717, 1.165) is 0 Å². The molecule has 0 saturated carbocycles. The first-order chi connectivity index (χ1) is 5.19. The van der Waals surface area contributed by atoms with Crippen molar-refractivity contribution in [2.75, 3.05) is 13.6 Å². The molecule has 0 saturated heterocycles. The van der Waals surface area contributed by atoms with Gasteiger partial charge in [-0.3, -0.25) is 4.90 Å². The Morgan fingerprint density at radius 1 is 1.33 bits per heavy atom. The Bertz CT molecular complexity index is 183. The minimum absolute atomic E-state index is 0.0669. The van der Waals surface area contributed by atoms with Gasteiger partial charge >= 0.3 is 0 Å². The van der Waals surface area contributed by atoms with Crippen LogP contribution in [-0.2, 0) is 0 Å². The van der Waals surface area contributed by atoms with E-state index in [9.17, 15) is 0 Å². The van der Waals surface area contributed by atoms with Gasteiger partial charge in [-0.1, -0.05) is 0 Å². The highest BCUT2D eigenvalue weighted by Crippen LogP contribution is 2.12. The van der Waals surface area contributed by atoms with Crippen LogP contribution < -0.4 is 5.73 Å². The van der Waals surface area contributed by atoms with Gasteiger partial charge in [-0.15, -0.1) is 0 Å². The van der Waals surface area contributed by atoms with Crippen molar-refractivity contribution in [2.45, 2.75) is 38.8 Å². The van der Waals surface area contributed by atoms with Gasteiger partial charge in [0.15, 0.2) is 0 Å². The molecule has 0 fully saturated rings. The van der Waals surface area contributed by atoms with Crippen LogP contribution in [0.1, 0.15) is 27.7 Å². The average Bonchev–Trinajstić information content (AvgIpc) is 1.85. The first kappa shape index (κ1) is 11.4. The maximum atomic E-state index is 8.71. The SMILES string of the molecule is CN(CC(C)(N)C#N)C(C)(C)C. The summed E-state index contributed by atoms with van der Waals surface area (Å²) in [4.78, 5) is 2.08. The second kappa shape index (κ2) is 3.42. The highest BCUT2D eigenvalue weighted by Gasteiger charge is 2.25. The van der Waals surface area contributed by atoms with Crippen molar-refractivity contribution in [3.63, 3.8) is 0 Å². The highest BCUT2D eigenvalue weighted by molar-refractivity contribution is 5.03. The standard InChI is InChI=1S/C9H19N3/c1-8(2,3)12(5)7-9(4,11)6-10/h7,11H2,1-5H3. The number of hydrogen-bond acceptors (Lipinski definition) is 3. The molecule has 0 amide bonds. The summed E-state index contributed by atoms with van der Waals surface area (Å²) in [6, 6.07) is 2.08. The first-order valence-corrected chi connectivity index (χ1v) is 4.10. The lowest BCUT2D eigenvalue weighted by Crippen LogP contribution is -2.51. The molecule has 0 aliphatic heterocycles. The Labute approximate surface area is 75.2 Å². The molecular weight excluding hydrogens is 150 g/mol. The fourth-order valence-electron chi connectivity index (χ4n) is 0.765. The largest absolute Gasteiger partial charge is 0.313 e. The quantitative estimate of drug-likeness (QED) is 0.670. The molecule has 0 aromatic heterocycles. The Morgan fingerprint density at radius 2 is 1.75 bits per heavy atom. The second-order valence-electron chi connectivity index (χ2n) is 4.56. The van der Waals surface area contributed by atoms with Crippen molar-refractivity contribution in [2.24, 2.45) is 5.73 Å². The van der Waals surface area contributed by atoms with Crippen molar-refractivity contribution in [3.8, 4) is 6.07 Å². The highest BCUT2D eigenvalue weighted by atomic mass is 15.2. The molecule has 0 spiro atoms. The van der Waals surface area contributed by atoms with E-state index in [-0.39, 0.29) is 5.54 Å². The van der Waals surface area contributed by atoms with Crippen LogP contribution in [0.2, 0.25) is 0 Å². The molecule has 0 bridgehead atoms. The van der Waals surface area contributed by atoms with Gasteiger partial charge in [0.05, 0.1) is 6.07 Å². The lowest BCUT2D eigenvalue weighted by molar-refractivity contribution is 0.155. The summed E-state index contributed by atoms with van der Waals surface area (Å²) < 4.78 is 0. The van der Waals surface area contributed by atoms with Gasteiger partial charge in [0.1, 0.15) is 5.54 Å². The van der Waals surface area contributed by atoms with Gasteiger partial charge in [0, 0.05) is 12.1 Å². The molecule has 0 heterocycles. The van der Waals surface area contributed by atoms with Crippen molar-refractivity contribution in [1.82, 2.24) is 4.90 Å². The van der Waals surface area contributed by atoms with Crippen molar-refractivity contribution in [3.05, 3.63) is 0 Å². The minimum atomic E-state index is -0.748. The minimum Gasteiger partial charge on any atom is -0.313 e. The Morgan fingerprint density at radius 3 is 2.00 bits per heavy atom. The van der Waals surface area contributed by atoms with Crippen LogP contribution >= 0.6 is 0 Å². The van der Waals surface area contributed by atoms with E-state index >= 15 is 0 Å². The van der Waals surface area contributed by atoms with Gasteiger partial charge in [0.25, 0.3) is 0 Å². The van der Waals surface area contributed by atoms with Crippen molar-refractivity contribution >= 4 is 0 Å². The van der Waals surface area contributed by atoms with E-state index in [2.05, 4.69) is 31.7 Å². The Hall–Kier alpha value is -0.590. The lowest BCUT2D eigenvalue weighted by atomic mass is 10.0. The molecule has 12 heavy (non-hydrogen) atoms. The maximum Gasteiger partial charge on any atom is 0.114 e. The molecule has 0 radical (unpaired) electrons. The van der Waals surface area contributed by atoms with Gasteiger partial charge in [-0.2, -0.15) is 5.26 Å². The number of nitriles is 1. The zero-order chi connectivity index (χ0) is 9.99. The van der Waals surface area contributed by atoms with Gasteiger partial charge in [-0.25, -0.2) is 0 Å². The molecular formula is C9H19N3. The van der Waals surface area contributed by atoms with E-state index in [1.807, 2.05) is 7.05 Å². The summed E-state index contributed by atoms with van der Waals surface area (Å²) in [6.45, 7) is 8.63. The summed E-state index contributed by atoms with van der Waals surface area (Å²) in [5.74, 6) is 0. The first-order valence-electron chi connectivity index (χ1n) is 4.10. The van der Waals surface area contributed by atoms with Crippen LogP contribution in [0.4, 0.5) is 0 Å². The molecule has 0 aromatic rings. The molecule has 1 unspecified atom stereocenters. The molecule has 70 valence electrons. The Kier molecular flexibility index (Phi) is 3.25. The lowest BCUT2D eigenvalue weighted by Gasteiger charge is -2.35. The number of likely N-dealkylation sites (N-methyl/N-ethyl adjacent to an activating group) is 1. The van der Waals surface area contributed by atoms with E-state index in [1.54, 1.807) is 6.92 Å². The van der Waals surface area contributed by atoms with Crippen LogP contribution in [0.15, 0.2) is 0 Å². The normalized spacial score (nSPS) is 17.2. The number of nitrogens with zero attached hydrogens (tertiary/aromatic N) is 2. The van der Waals surface area contributed by atoms with E-state index < -0.39 is 5.54 Å². The van der Waals surface area contributed by atoms with Crippen LogP contribution in [0, 0.1) is 11.3 Å². The predicted octanol–water partition coefficient (Wildman–Crippen LogP) is 0.958. The number of hydrogen-bond donors (Lipinski definition) is 1. The predicted molar refractivity (Wildman–Crippen MR) is 50.6 cm³/mol. The molecule has 3 nitrogen and oxygen atoms in total. The number of rotatable bonds is 2. The maximum absolute atomic E-state index is 8.71. The second-order valence-corrected chi connectivity index (χ2v) is 4.56. The van der Waals surface area contributed by atoms with E-state index in [0.29, 0.717) is 6.54 Å². The molecule has 1 atom stereocenters. The third-order valence-electron chi connectivity index (χ3n) is 1.97. The summed E-state index contributed by atoms with van der Waals surface area (Å²) in [5.41, 5.74) is 5.03. The third-order valence-corrected chi connectivity index (χ3v) is 1.97. The molecule has 2 N–H and O–H groups in total. The van der Waals surface area contributed by atoms with E-state index in [4.69, 9.17) is 11.0 Å². The van der Waals surface area contributed by atoms with Crippen LogP contribution in [-0.4, -0.2) is 29.6 Å². The van der Waals surface area contributed by atoms with Crippen LogP contribution in [0.25, 0.3) is 0 Å². The summed E-state index contributed by atoms with van der Waals surface area (Å²) in [7, 11) is 1.97. The van der Waals surface area contributed by atoms with Gasteiger partial charge in [-0.05, 0) is 34.7 Å². The van der Waals surface area contributed by atoms with Crippen LogP contribution in [0.5, 0.6) is 0 Å². The monoisotopic (exact) mass is 169 g/mol. The van der Waals surface area contributed by atoms with Gasteiger partial charge in [0.2, 0.25) is 0 Å². The fourth-order valence-corrected chi connectivity index (χ4v) is 0.765. The third kappa shape index (κ3) is 3.70. The molecule has 0 aromatic carbocycles. The number of nitrogens with two attached hydrogens (primary N) is 1. The molecule has 3 heteroatoms. The van der Waals surface area contributed by atoms with E-state index in [1.165, 1.54) is 0 Å². The smallest absolute Gasteiger partial charge is 0.114 e. The summed E-state index contributed by atoms with van der Waals surface area (Å²) in [6.07, 6.45) is 0. The summed E-state index contributed by atoms with van der Waals surface area (Å²) in [5, 5.41) is 8.71. The zero-order valence-corrected chi connectivity index (χ0v) is 8.68. The molecule has 0 aliphatic rings. The van der Waals surface area contributed by atoms with Crippen LogP contribution in [0.3, 0.4) is 0 Å². The average molecular weight is 169 g/mol. The molecule has 0 aliphatic carbocycles. The Balaban J connectivity index is 4.22. The molecule has 0 rings (SSSR count). The van der Waals surface area contributed by atoms with Gasteiger partial charge < -0.3 is 5.73 Å². The van der Waals surface area contributed by atoms with Crippen molar-refractivity contribution in [1.29, 1.82) is 5.26 Å². The summed E-state index contributed by atoms with van der Waals surface area (Å²) >= 11 is 0. The fraction of sp³-hybridized carbons (Fsp3) is 0.889. The van der Waals surface area contributed by atoms with Crippen molar-refractivity contribution < 1.29 is 0 Å². The zero-order valence-electron chi connectivity index (χ0n) is 8.68.